The minimum absolute atomic E-state index is 0. The van der Waals surface area contributed by atoms with Gasteiger partial charge in [0, 0.05) is 10.4 Å². The van der Waals surface area contributed by atoms with Crippen LogP contribution in [0.3, 0.4) is 0 Å². The largest absolute Gasteiger partial charge is 1.00 e. The summed E-state index contributed by atoms with van der Waals surface area (Å²) in [5, 5.41) is 4.01. The van der Waals surface area contributed by atoms with Gasteiger partial charge in [-0.1, -0.05) is 23.9 Å². The molecule has 2 bridgehead atoms. The number of rotatable bonds is 2. The molecule has 2 aromatic carbocycles. The third-order valence-electron chi connectivity index (χ3n) is 7.59. The van der Waals surface area contributed by atoms with Crippen molar-refractivity contribution in [1.29, 1.82) is 0 Å². The molecule has 0 radical (unpaired) electrons. The van der Waals surface area contributed by atoms with Gasteiger partial charge in [-0.25, -0.2) is 0 Å². The molecule has 3 heterocycles. The van der Waals surface area contributed by atoms with Crippen LogP contribution in [-0.2, 0) is 24.7 Å². The average Bonchev–Trinajstić information content (AvgIpc) is 3.45. The van der Waals surface area contributed by atoms with Crippen LogP contribution >= 0.6 is 11.3 Å². The summed E-state index contributed by atoms with van der Waals surface area (Å²) in [6, 6.07) is 18.1. The zero-order valence-corrected chi connectivity index (χ0v) is 26.5. The summed E-state index contributed by atoms with van der Waals surface area (Å²) in [4.78, 5) is 1.68. The third kappa shape index (κ3) is 4.35. The summed E-state index contributed by atoms with van der Waals surface area (Å²) >= 11 is 3.55. The van der Waals surface area contributed by atoms with E-state index in [4.69, 9.17) is 0 Å². The zero-order valence-electron chi connectivity index (χ0n) is 20.7. The third-order valence-corrected chi connectivity index (χ3v) is 14.8. The molecule has 0 N–H and O–H groups in total. The first-order valence-electron chi connectivity index (χ1n) is 11.6. The van der Waals surface area contributed by atoms with Crippen LogP contribution in [-0.4, -0.2) is 8.07 Å². The molecule has 34 heavy (non-hydrogen) atoms. The quantitative estimate of drug-likeness (QED) is 0.397. The predicted molar refractivity (Wildman–Crippen MR) is 139 cm³/mol. The van der Waals surface area contributed by atoms with Crippen LogP contribution in [0.25, 0.3) is 22.4 Å². The Balaban J connectivity index is 0.000000199. The fourth-order valence-corrected chi connectivity index (χ4v) is 13.1. The summed E-state index contributed by atoms with van der Waals surface area (Å²) in [6.45, 7) is 14.1. The molecule has 2 aliphatic carbocycles. The molecule has 1 aromatic heterocycles. The molecule has 0 saturated carbocycles. The SMILES string of the molecule is CC1=C2c3ccsc3C1[Si]2(C)C.CC1=Cc2c(-c3ccc(C(C)C)cc3)cccc2[CH]1[Zr+2].[Cl-].[Cl-]. The average molecular weight is 602 g/mol. The van der Waals surface area contributed by atoms with Crippen molar-refractivity contribution >= 4 is 30.7 Å². The number of benzene rings is 2. The van der Waals surface area contributed by atoms with Crippen molar-refractivity contribution in [3.05, 3.63) is 92.2 Å². The van der Waals surface area contributed by atoms with E-state index >= 15 is 0 Å². The maximum atomic E-state index is 2.51. The number of halogens is 2. The molecule has 5 heteroatoms. The van der Waals surface area contributed by atoms with Crippen LogP contribution < -0.4 is 24.8 Å². The molecular formula is C29H31Cl2SSiZr. The van der Waals surface area contributed by atoms with Gasteiger partial charge in [-0.15, -0.1) is 11.3 Å². The van der Waals surface area contributed by atoms with E-state index in [9.17, 15) is 0 Å². The van der Waals surface area contributed by atoms with Crippen molar-refractivity contribution in [3.8, 4) is 11.1 Å². The minimum Gasteiger partial charge on any atom is -1.00 e. The molecule has 0 nitrogen and oxygen atoms in total. The van der Waals surface area contributed by atoms with Gasteiger partial charge in [0.1, 0.15) is 0 Å². The summed E-state index contributed by atoms with van der Waals surface area (Å²) in [6.07, 6.45) is 2.38. The topological polar surface area (TPSA) is 0 Å². The molecule has 7 rings (SSSR count). The first-order valence-corrected chi connectivity index (χ1v) is 17.0. The van der Waals surface area contributed by atoms with Gasteiger partial charge in [0.2, 0.25) is 0 Å². The van der Waals surface area contributed by atoms with Crippen molar-refractivity contribution in [3.63, 3.8) is 0 Å². The van der Waals surface area contributed by atoms with E-state index in [1.54, 1.807) is 45.9 Å². The fraction of sp³-hybridized carbons (Fsp3) is 0.310. The normalized spacial score (nSPS) is 20.3. The van der Waals surface area contributed by atoms with Gasteiger partial charge in [0.25, 0.3) is 0 Å². The van der Waals surface area contributed by atoms with Crippen LogP contribution in [0.4, 0.5) is 0 Å². The summed E-state index contributed by atoms with van der Waals surface area (Å²) in [5.41, 5.74) is 12.8. The molecule has 0 saturated heterocycles. The van der Waals surface area contributed by atoms with Crippen molar-refractivity contribution < 1.29 is 49.5 Å². The van der Waals surface area contributed by atoms with Gasteiger partial charge in [0.05, 0.1) is 8.07 Å². The minimum atomic E-state index is -0.972. The number of allylic oxidation sites excluding steroid dienone is 2. The number of hydrogen-bond donors (Lipinski definition) is 0. The Morgan fingerprint density at radius 1 is 0.912 bits per heavy atom. The van der Waals surface area contributed by atoms with Gasteiger partial charge in [-0.05, 0) is 23.9 Å². The van der Waals surface area contributed by atoms with Gasteiger partial charge < -0.3 is 24.8 Å². The maximum Gasteiger partial charge on any atom is -1.00 e. The molecule has 3 aromatic rings. The molecular weight excluding hydrogens is 571 g/mol. The van der Waals surface area contributed by atoms with E-state index in [2.05, 4.69) is 101 Å². The Hall–Kier alpha value is -0.700. The second-order valence-electron chi connectivity index (χ2n) is 10.3. The molecule has 0 fully saturated rings. The van der Waals surface area contributed by atoms with Gasteiger partial charge >= 0.3 is 137 Å². The number of thiophene rings is 1. The maximum absolute atomic E-state index is 2.51. The van der Waals surface area contributed by atoms with Crippen LogP contribution in [0.15, 0.2) is 65.1 Å². The molecule has 0 spiro atoms. The van der Waals surface area contributed by atoms with Crippen LogP contribution in [0.1, 0.15) is 69.9 Å². The molecule has 2 unspecified atom stereocenters. The van der Waals surface area contributed by atoms with Crippen molar-refractivity contribution in [2.45, 2.75) is 55.9 Å². The van der Waals surface area contributed by atoms with Crippen molar-refractivity contribution in [2.24, 2.45) is 0 Å². The zero-order chi connectivity index (χ0) is 22.8. The first-order chi connectivity index (χ1) is 15.2. The Morgan fingerprint density at radius 3 is 2.18 bits per heavy atom. The van der Waals surface area contributed by atoms with Crippen molar-refractivity contribution in [1.82, 2.24) is 0 Å². The van der Waals surface area contributed by atoms with Gasteiger partial charge in [-0.3, -0.25) is 0 Å². The van der Waals surface area contributed by atoms with E-state index in [1.807, 2.05) is 11.3 Å². The van der Waals surface area contributed by atoms with Crippen LogP contribution in [0.2, 0.25) is 13.1 Å². The molecule has 2 aliphatic heterocycles. The summed E-state index contributed by atoms with van der Waals surface area (Å²) in [7, 11) is -0.972. The Kier molecular flexibility index (Phi) is 8.49. The number of hydrogen-bond acceptors (Lipinski definition) is 1. The molecule has 0 amide bonds. The van der Waals surface area contributed by atoms with E-state index in [1.165, 1.54) is 33.4 Å². The smallest absolute Gasteiger partial charge is 1.00 e. The monoisotopic (exact) mass is 599 g/mol. The van der Waals surface area contributed by atoms with Gasteiger partial charge in [-0.2, -0.15) is 0 Å². The first kappa shape index (κ1) is 27.9. The van der Waals surface area contributed by atoms with E-state index in [-0.39, 0.29) is 24.8 Å². The molecule has 4 aliphatic rings. The Labute approximate surface area is 237 Å². The van der Waals surface area contributed by atoms with E-state index in [0.717, 1.165) is 5.54 Å². The Bertz CT molecular complexity index is 1270. The standard InChI is InChI=1S/C19H19.C10H12SSi.2ClH.Zr/c1-13(2)15-7-9-16(10-8-15)18-6-4-5-17-11-14(3)12-19(17)18;1-6-9-7-4-5-11-8(7)10(6)12(9,2)3;;;/h4-13H,1-3H3;4-5,10H,1-3H3;2*1H;/q;;;;+2/p-2. The van der Waals surface area contributed by atoms with Crippen molar-refractivity contribution in [2.75, 3.05) is 0 Å². The molecule has 2 atom stereocenters. The number of fused-ring (bicyclic) bond motifs is 1. The van der Waals surface area contributed by atoms with Gasteiger partial charge in [0.15, 0.2) is 0 Å². The van der Waals surface area contributed by atoms with Crippen LogP contribution in [0.5, 0.6) is 0 Å². The Morgan fingerprint density at radius 2 is 1.59 bits per heavy atom. The summed E-state index contributed by atoms with van der Waals surface area (Å²) < 4.78 is 0.645. The fourth-order valence-electron chi connectivity index (χ4n) is 5.95. The second kappa shape index (κ2) is 10.3. The summed E-state index contributed by atoms with van der Waals surface area (Å²) in [5.74, 6) is 0.594. The van der Waals surface area contributed by atoms with Crippen LogP contribution in [0, 0.1) is 0 Å². The predicted octanol–water partition coefficient (Wildman–Crippen LogP) is 2.91. The molecule has 175 valence electrons. The van der Waals surface area contributed by atoms with E-state index < -0.39 is 8.07 Å². The second-order valence-corrected chi connectivity index (χ2v) is 17.2. The van der Waals surface area contributed by atoms with E-state index in [0.29, 0.717) is 9.54 Å².